The molecular weight excluding hydrogens is 423 g/mol. The van der Waals surface area contributed by atoms with Crippen LogP contribution in [0.15, 0.2) is 24.3 Å². The van der Waals surface area contributed by atoms with Gasteiger partial charge in [0.15, 0.2) is 0 Å². The molecule has 0 radical (unpaired) electrons. The van der Waals surface area contributed by atoms with Crippen LogP contribution in [0, 0.1) is 0 Å². The molecule has 1 spiro atoms. The Morgan fingerprint density at radius 1 is 1.00 bits per heavy atom. The zero-order valence-electron chi connectivity index (χ0n) is 18.7. The zero-order chi connectivity index (χ0) is 23.5. The zero-order valence-corrected chi connectivity index (χ0v) is 18.7. The SMILES string of the molecule is CC(C)N1CCC2(CC1)CN(C(=O)N1CCCC1)Cc1ccccc12.O=C(O)C(F)(F)F. The quantitative estimate of drug-likeness (QED) is 0.693. The summed E-state index contributed by atoms with van der Waals surface area (Å²) in [6, 6.07) is 9.72. The Hall–Kier alpha value is -2.29. The Morgan fingerprint density at radius 3 is 2.09 bits per heavy atom. The second kappa shape index (κ2) is 9.68. The van der Waals surface area contributed by atoms with Crippen LogP contribution in [0.2, 0.25) is 0 Å². The van der Waals surface area contributed by atoms with E-state index in [1.807, 2.05) is 0 Å². The molecule has 1 N–H and O–H groups in total. The largest absolute Gasteiger partial charge is 0.490 e. The van der Waals surface area contributed by atoms with Crippen molar-refractivity contribution < 1.29 is 27.9 Å². The highest BCUT2D eigenvalue weighted by Crippen LogP contribution is 2.42. The van der Waals surface area contributed by atoms with Crippen LogP contribution in [-0.4, -0.2) is 76.7 Å². The summed E-state index contributed by atoms with van der Waals surface area (Å²) in [5.74, 6) is -2.76. The van der Waals surface area contributed by atoms with Gasteiger partial charge in [0.1, 0.15) is 0 Å². The average Bonchev–Trinajstić information content (AvgIpc) is 3.28. The van der Waals surface area contributed by atoms with Crippen LogP contribution in [0.25, 0.3) is 0 Å². The highest BCUT2D eigenvalue weighted by Gasteiger charge is 2.44. The van der Waals surface area contributed by atoms with E-state index < -0.39 is 12.1 Å². The fraction of sp³-hybridized carbons (Fsp3) is 0.652. The van der Waals surface area contributed by atoms with Crippen molar-refractivity contribution in [1.82, 2.24) is 14.7 Å². The molecule has 0 saturated carbocycles. The van der Waals surface area contributed by atoms with E-state index in [-0.39, 0.29) is 11.4 Å². The molecule has 0 aromatic heterocycles. The number of fused-ring (bicyclic) bond motifs is 2. The van der Waals surface area contributed by atoms with Crippen LogP contribution in [0.1, 0.15) is 50.7 Å². The summed E-state index contributed by atoms with van der Waals surface area (Å²) in [6.45, 7) is 10.4. The summed E-state index contributed by atoms with van der Waals surface area (Å²) in [4.78, 5) is 28.7. The predicted octanol–water partition coefficient (Wildman–Crippen LogP) is 4.09. The van der Waals surface area contributed by atoms with E-state index in [0.717, 1.165) is 65.0 Å². The monoisotopic (exact) mass is 455 g/mol. The van der Waals surface area contributed by atoms with Crippen molar-refractivity contribution in [2.45, 2.75) is 63.7 Å². The van der Waals surface area contributed by atoms with Crippen LogP contribution in [0.4, 0.5) is 18.0 Å². The lowest BCUT2D eigenvalue weighted by Crippen LogP contribution is -2.55. The van der Waals surface area contributed by atoms with E-state index in [2.05, 4.69) is 52.8 Å². The summed E-state index contributed by atoms with van der Waals surface area (Å²) in [5, 5.41) is 7.12. The summed E-state index contributed by atoms with van der Waals surface area (Å²) in [7, 11) is 0. The topological polar surface area (TPSA) is 64.1 Å². The molecule has 2 saturated heterocycles. The molecule has 1 aromatic rings. The minimum atomic E-state index is -5.08. The van der Waals surface area contributed by atoms with E-state index >= 15 is 0 Å². The summed E-state index contributed by atoms with van der Waals surface area (Å²) < 4.78 is 31.7. The van der Waals surface area contributed by atoms with Crippen molar-refractivity contribution in [1.29, 1.82) is 0 Å². The molecule has 178 valence electrons. The van der Waals surface area contributed by atoms with Gasteiger partial charge in [-0.1, -0.05) is 24.3 Å². The molecule has 0 atom stereocenters. The van der Waals surface area contributed by atoms with E-state index in [9.17, 15) is 18.0 Å². The number of carbonyl (C=O) groups excluding carboxylic acids is 1. The van der Waals surface area contributed by atoms with E-state index in [1.54, 1.807) is 0 Å². The molecule has 2 fully saturated rings. The van der Waals surface area contributed by atoms with Crippen molar-refractivity contribution in [2.24, 2.45) is 0 Å². The van der Waals surface area contributed by atoms with Crippen LogP contribution in [0.5, 0.6) is 0 Å². The van der Waals surface area contributed by atoms with Crippen LogP contribution in [-0.2, 0) is 16.8 Å². The van der Waals surface area contributed by atoms with Gasteiger partial charge < -0.3 is 19.8 Å². The van der Waals surface area contributed by atoms with Gasteiger partial charge in [-0.3, -0.25) is 0 Å². The Balaban J connectivity index is 0.000000360. The molecule has 32 heavy (non-hydrogen) atoms. The number of carboxylic acid groups (broad SMARTS) is 1. The lowest BCUT2D eigenvalue weighted by atomic mass is 9.68. The Kier molecular flexibility index (Phi) is 7.37. The number of amides is 2. The number of urea groups is 1. The standard InChI is InChI=1S/C21H31N3O.C2HF3O2/c1-17(2)22-13-9-21(10-14-22)16-24(20(25)23-11-5-6-12-23)15-18-7-3-4-8-19(18)21;3-2(4,5)1(6)7/h3-4,7-8,17H,5-6,9-16H2,1-2H3;(H,6,7). The summed E-state index contributed by atoms with van der Waals surface area (Å²) in [5.41, 5.74) is 3.01. The van der Waals surface area contributed by atoms with Crippen molar-refractivity contribution in [3.63, 3.8) is 0 Å². The molecule has 0 aliphatic carbocycles. The number of rotatable bonds is 1. The summed E-state index contributed by atoms with van der Waals surface area (Å²) in [6.07, 6.45) is -0.451. The van der Waals surface area contributed by atoms with Crippen molar-refractivity contribution in [2.75, 3.05) is 32.7 Å². The Morgan fingerprint density at radius 2 is 1.56 bits per heavy atom. The number of halogens is 3. The smallest absolute Gasteiger partial charge is 0.475 e. The molecule has 4 rings (SSSR count). The minimum Gasteiger partial charge on any atom is -0.475 e. The van der Waals surface area contributed by atoms with Gasteiger partial charge in [-0.2, -0.15) is 13.2 Å². The molecule has 2 amide bonds. The molecule has 3 heterocycles. The maximum absolute atomic E-state index is 13.1. The third-order valence-electron chi connectivity index (χ3n) is 6.82. The fourth-order valence-corrected chi connectivity index (χ4v) is 5.03. The van der Waals surface area contributed by atoms with Crippen molar-refractivity contribution in [3.05, 3.63) is 35.4 Å². The van der Waals surface area contributed by atoms with Crippen LogP contribution < -0.4 is 0 Å². The number of piperidine rings is 1. The number of hydrogen-bond donors (Lipinski definition) is 1. The van der Waals surface area contributed by atoms with Gasteiger partial charge >= 0.3 is 18.2 Å². The van der Waals surface area contributed by atoms with Gasteiger partial charge in [0, 0.05) is 37.6 Å². The number of carbonyl (C=O) groups is 2. The van der Waals surface area contributed by atoms with E-state index in [1.165, 1.54) is 11.1 Å². The van der Waals surface area contributed by atoms with Crippen molar-refractivity contribution >= 4 is 12.0 Å². The third-order valence-corrected chi connectivity index (χ3v) is 6.82. The maximum atomic E-state index is 13.1. The number of alkyl halides is 3. The fourth-order valence-electron chi connectivity index (χ4n) is 5.03. The molecule has 1 aromatic carbocycles. The average molecular weight is 456 g/mol. The number of hydrogen-bond acceptors (Lipinski definition) is 3. The van der Waals surface area contributed by atoms with Crippen molar-refractivity contribution in [3.8, 4) is 0 Å². The third kappa shape index (κ3) is 5.36. The van der Waals surface area contributed by atoms with Gasteiger partial charge in [0.05, 0.1) is 0 Å². The number of likely N-dealkylation sites (tertiary alicyclic amines) is 2. The molecule has 9 heteroatoms. The molecule has 0 bridgehead atoms. The minimum absolute atomic E-state index is 0.148. The van der Waals surface area contributed by atoms with Gasteiger partial charge in [0.25, 0.3) is 0 Å². The molecule has 3 aliphatic rings. The van der Waals surface area contributed by atoms with Gasteiger partial charge in [0.2, 0.25) is 0 Å². The van der Waals surface area contributed by atoms with Crippen LogP contribution in [0.3, 0.4) is 0 Å². The maximum Gasteiger partial charge on any atom is 0.490 e. The number of carboxylic acids is 1. The summed E-state index contributed by atoms with van der Waals surface area (Å²) >= 11 is 0. The first-order valence-corrected chi connectivity index (χ1v) is 11.2. The molecular formula is C23H32F3N3O3. The first-order chi connectivity index (χ1) is 15.0. The number of aliphatic carboxylic acids is 1. The van der Waals surface area contributed by atoms with Gasteiger partial charge in [-0.25, -0.2) is 9.59 Å². The highest BCUT2D eigenvalue weighted by molar-refractivity contribution is 5.75. The van der Waals surface area contributed by atoms with Gasteiger partial charge in [-0.05, 0) is 63.7 Å². The second-order valence-corrected chi connectivity index (χ2v) is 9.20. The Labute approximate surface area is 187 Å². The van der Waals surface area contributed by atoms with E-state index in [4.69, 9.17) is 9.90 Å². The Bertz CT molecular complexity index is 814. The highest BCUT2D eigenvalue weighted by atomic mass is 19.4. The number of nitrogens with zero attached hydrogens (tertiary/aromatic N) is 3. The van der Waals surface area contributed by atoms with Gasteiger partial charge in [-0.15, -0.1) is 0 Å². The second-order valence-electron chi connectivity index (χ2n) is 9.20. The molecule has 0 unspecified atom stereocenters. The molecule has 6 nitrogen and oxygen atoms in total. The lowest BCUT2D eigenvalue weighted by molar-refractivity contribution is -0.192. The normalized spacial score (nSPS) is 20.7. The number of benzene rings is 1. The first-order valence-electron chi connectivity index (χ1n) is 11.2. The molecule has 3 aliphatic heterocycles. The predicted molar refractivity (Wildman–Crippen MR) is 114 cm³/mol. The van der Waals surface area contributed by atoms with Crippen LogP contribution >= 0.6 is 0 Å². The van der Waals surface area contributed by atoms with E-state index in [0.29, 0.717) is 6.04 Å². The lowest BCUT2D eigenvalue weighted by Gasteiger charge is -2.49. The first kappa shape index (κ1) is 24.4.